The Bertz CT molecular complexity index is 1330. The smallest absolute Gasteiger partial charge is 0.242 e. The number of hydrogen-bond donors (Lipinski definition) is 0. The van der Waals surface area contributed by atoms with Crippen molar-refractivity contribution in [3.05, 3.63) is 84.2 Å². The van der Waals surface area contributed by atoms with Gasteiger partial charge in [-0.3, -0.25) is 0 Å². The molecule has 0 unspecified atom stereocenters. The maximum atomic E-state index is 12.2. The van der Waals surface area contributed by atoms with E-state index in [1.807, 2.05) is 55.5 Å². The normalized spacial score (nSPS) is 11.8. The van der Waals surface area contributed by atoms with Gasteiger partial charge in [-0.2, -0.15) is 0 Å². The number of fused-ring (bicyclic) bond motifs is 1. The lowest BCUT2D eigenvalue weighted by atomic mass is 10.2. The highest BCUT2D eigenvalue weighted by atomic mass is 32.2. The van der Waals surface area contributed by atoms with Gasteiger partial charge in [-0.25, -0.2) is 17.7 Å². The second-order valence-electron chi connectivity index (χ2n) is 7.88. The molecule has 0 N–H and O–H groups in total. The fourth-order valence-electron chi connectivity index (χ4n) is 3.44. The zero-order valence-electron chi connectivity index (χ0n) is 18.9. The second kappa shape index (κ2) is 9.64. The van der Waals surface area contributed by atoms with Gasteiger partial charge in [0.2, 0.25) is 10.0 Å². The lowest BCUT2D eigenvalue weighted by molar-refractivity contribution is 0.272. The van der Waals surface area contributed by atoms with Gasteiger partial charge in [0, 0.05) is 14.1 Å². The van der Waals surface area contributed by atoms with E-state index in [9.17, 15) is 8.42 Å². The summed E-state index contributed by atoms with van der Waals surface area (Å²) in [6.45, 7) is 3.36. The molecule has 4 rings (SSSR count). The summed E-state index contributed by atoms with van der Waals surface area (Å²) in [4.78, 5) is 4.97. The van der Waals surface area contributed by atoms with Crippen LogP contribution in [0, 0.1) is 6.92 Å². The molecule has 0 amide bonds. The summed E-state index contributed by atoms with van der Waals surface area (Å²) in [5.41, 5.74) is 3.09. The molecule has 0 atom stereocenters. The Balaban J connectivity index is 1.45. The molecule has 0 aliphatic carbocycles. The summed E-state index contributed by atoms with van der Waals surface area (Å²) in [7, 11) is -0.441. The van der Waals surface area contributed by atoms with E-state index in [1.54, 1.807) is 24.3 Å². The summed E-state index contributed by atoms with van der Waals surface area (Å²) in [6, 6.07) is 22.3. The molecular weight excluding hydrogens is 438 g/mol. The van der Waals surface area contributed by atoms with Crippen LogP contribution in [0.25, 0.3) is 11.0 Å². The topological polar surface area (TPSA) is 73.7 Å². The molecule has 0 bridgehead atoms. The van der Waals surface area contributed by atoms with E-state index in [-0.39, 0.29) is 4.90 Å². The highest BCUT2D eigenvalue weighted by molar-refractivity contribution is 7.89. The van der Waals surface area contributed by atoms with Gasteiger partial charge in [0.1, 0.15) is 30.5 Å². The van der Waals surface area contributed by atoms with Gasteiger partial charge in [0.25, 0.3) is 0 Å². The summed E-state index contributed by atoms with van der Waals surface area (Å²) in [5, 5.41) is 0. The molecule has 1 aromatic heterocycles. The van der Waals surface area contributed by atoms with E-state index in [0.717, 1.165) is 22.6 Å². The number of ether oxygens (including phenoxy) is 2. The number of sulfonamides is 1. The Kier molecular flexibility index (Phi) is 6.67. The van der Waals surface area contributed by atoms with Crippen LogP contribution in [0.2, 0.25) is 0 Å². The van der Waals surface area contributed by atoms with Crippen molar-refractivity contribution in [3.8, 4) is 11.5 Å². The van der Waals surface area contributed by atoms with Crippen LogP contribution in [0.15, 0.2) is 77.7 Å². The molecule has 1 heterocycles. The highest BCUT2D eigenvalue weighted by Gasteiger charge is 2.17. The van der Waals surface area contributed by atoms with Gasteiger partial charge in [0.15, 0.2) is 0 Å². The molecule has 0 saturated heterocycles. The van der Waals surface area contributed by atoms with Crippen LogP contribution in [0.1, 0.15) is 11.4 Å². The monoisotopic (exact) mass is 465 g/mol. The van der Waals surface area contributed by atoms with Crippen LogP contribution in [-0.2, 0) is 23.2 Å². The predicted octanol–water partition coefficient (Wildman–Crippen LogP) is 4.25. The number of hydrogen-bond acceptors (Lipinski definition) is 5. The van der Waals surface area contributed by atoms with E-state index in [4.69, 9.17) is 14.5 Å². The number of benzene rings is 3. The number of nitrogens with zero attached hydrogens (tertiary/aromatic N) is 3. The summed E-state index contributed by atoms with van der Waals surface area (Å²) < 4.78 is 39.6. The molecule has 4 aromatic rings. The van der Waals surface area contributed by atoms with Crippen molar-refractivity contribution < 1.29 is 17.9 Å². The van der Waals surface area contributed by atoms with E-state index >= 15 is 0 Å². The molecule has 3 aromatic carbocycles. The van der Waals surface area contributed by atoms with E-state index < -0.39 is 10.0 Å². The fourth-order valence-corrected chi connectivity index (χ4v) is 4.34. The van der Waals surface area contributed by atoms with Crippen molar-refractivity contribution in [2.24, 2.45) is 0 Å². The summed E-state index contributed by atoms with van der Waals surface area (Å²) >= 11 is 0. The van der Waals surface area contributed by atoms with Gasteiger partial charge in [0.05, 0.1) is 22.5 Å². The van der Waals surface area contributed by atoms with Gasteiger partial charge in [-0.05, 0) is 55.5 Å². The molecule has 0 spiro atoms. The maximum Gasteiger partial charge on any atom is 0.242 e. The zero-order chi connectivity index (χ0) is 23.4. The van der Waals surface area contributed by atoms with Crippen molar-refractivity contribution in [3.63, 3.8) is 0 Å². The molecule has 8 heteroatoms. The maximum absolute atomic E-state index is 12.2. The van der Waals surface area contributed by atoms with Crippen molar-refractivity contribution in [1.29, 1.82) is 0 Å². The minimum atomic E-state index is -3.46. The molecule has 0 aliphatic rings. The Morgan fingerprint density at radius 3 is 2.21 bits per heavy atom. The van der Waals surface area contributed by atoms with Gasteiger partial charge >= 0.3 is 0 Å². The minimum absolute atomic E-state index is 0.232. The third kappa shape index (κ3) is 5.18. The Labute approximate surface area is 194 Å². The zero-order valence-corrected chi connectivity index (χ0v) is 19.7. The standard InChI is InChI=1S/C25H27N3O4S/c1-19-8-10-21(11-9-19)32-18-25-26-23-6-4-5-7-24(23)28(25)16-17-31-20-12-14-22(15-13-20)33(29,30)27(2)3/h4-15H,16-18H2,1-3H3. The predicted molar refractivity (Wildman–Crippen MR) is 128 cm³/mol. The Morgan fingerprint density at radius 1 is 0.879 bits per heavy atom. The van der Waals surface area contributed by atoms with Crippen LogP contribution in [-0.4, -0.2) is 43.0 Å². The van der Waals surface area contributed by atoms with Gasteiger partial charge < -0.3 is 14.0 Å². The van der Waals surface area contributed by atoms with Crippen LogP contribution in [0.5, 0.6) is 11.5 Å². The van der Waals surface area contributed by atoms with Crippen LogP contribution in [0.4, 0.5) is 0 Å². The number of para-hydroxylation sites is 2. The third-order valence-electron chi connectivity index (χ3n) is 5.31. The molecule has 172 valence electrons. The lowest BCUT2D eigenvalue weighted by Crippen LogP contribution is -2.22. The molecule has 0 aliphatic heterocycles. The van der Waals surface area contributed by atoms with Gasteiger partial charge in [-0.15, -0.1) is 0 Å². The number of aromatic nitrogens is 2. The van der Waals surface area contributed by atoms with Crippen molar-refractivity contribution >= 4 is 21.1 Å². The van der Waals surface area contributed by atoms with Crippen molar-refractivity contribution in [1.82, 2.24) is 13.9 Å². The first-order valence-corrected chi connectivity index (χ1v) is 12.1. The first-order chi connectivity index (χ1) is 15.8. The molecule has 33 heavy (non-hydrogen) atoms. The van der Waals surface area contributed by atoms with Crippen LogP contribution in [0.3, 0.4) is 0 Å². The first-order valence-electron chi connectivity index (χ1n) is 10.6. The van der Waals surface area contributed by atoms with Gasteiger partial charge in [-0.1, -0.05) is 29.8 Å². The number of imidazole rings is 1. The van der Waals surface area contributed by atoms with E-state index in [0.29, 0.717) is 25.5 Å². The first kappa shape index (κ1) is 22.8. The Hall–Kier alpha value is -3.36. The number of rotatable bonds is 9. The largest absolute Gasteiger partial charge is 0.492 e. The minimum Gasteiger partial charge on any atom is -0.492 e. The van der Waals surface area contributed by atoms with E-state index in [2.05, 4.69) is 4.57 Å². The Morgan fingerprint density at radius 2 is 1.52 bits per heavy atom. The SMILES string of the molecule is Cc1ccc(OCc2nc3ccccc3n2CCOc2ccc(S(=O)(=O)N(C)C)cc2)cc1. The molecular formula is C25H27N3O4S. The summed E-state index contributed by atoms with van der Waals surface area (Å²) in [6.07, 6.45) is 0. The average molecular weight is 466 g/mol. The molecule has 0 fully saturated rings. The average Bonchev–Trinajstić information content (AvgIpc) is 3.16. The second-order valence-corrected chi connectivity index (χ2v) is 10.0. The molecule has 7 nitrogen and oxygen atoms in total. The lowest BCUT2D eigenvalue weighted by Gasteiger charge is -2.13. The van der Waals surface area contributed by atoms with Crippen LogP contribution >= 0.6 is 0 Å². The molecule has 0 saturated carbocycles. The number of aryl methyl sites for hydroxylation is 1. The third-order valence-corrected chi connectivity index (χ3v) is 7.14. The fraction of sp³-hybridized carbons (Fsp3) is 0.240. The summed E-state index contributed by atoms with van der Waals surface area (Å²) in [5.74, 6) is 2.21. The van der Waals surface area contributed by atoms with Crippen LogP contribution < -0.4 is 9.47 Å². The quantitative estimate of drug-likeness (QED) is 0.369. The van der Waals surface area contributed by atoms with Crippen molar-refractivity contribution in [2.45, 2.75) is 25.0 Å². The highest BCUT2D eigenvalue weighted by Crippen LogP contribution is 2.21. The van der Waals surface area contributed by atoms with Crippen molar-refractivity contribution in [2.75, 3.05) is 20.7 Å². The molecule has 0 radical (unpaired) electrons. The van der Waals surface area contributed by atoms with E-state index in [1.165, 1.54) is 24.0 Å².